The van der Waals surface area contributed by atoms with Crippen LogP contribution < -0.4 is 15.3 Å². The largest absolute Gasteiger partial charge is 0.508 e. The molecule has 37 heavy (non-hydrogen) atoms. The Bertz CT molecular complexity index is 1360. The van der Waals surface area contributed by atoms with E-state index in [9.17, 15) is 5.11 Å². The maximum absolute atomic E-state index is 16.0. The molecule has 1 atom stereocenters. The third-order valence-corrected chi connectivity index (χ3v) is 10.5. The monoisotopic (exact) mass is 524 g/mol. The Balaban J connectivity index is 2.26. The van der Waals surface area contributed by atoms with E-state index in [0.29, 0.717) is 11.3 Å². The summed E-state index contributed by atoms with van der Waals surface area (Å²) in [5.74, 6) is -0.00366. The van der Waals surface area contributed by atoms with Crippen LogP contribution in [0.2, 0.25) is 0 Å². The minimum absolute atomic E-state index is 0.0773. The molecule has 0 fully saturated rings. The molecule has 4 rings (SSSR count). The molecule has 4 aromatic rings. The van der Waals surface area contributed by atoms with Crippen LogP contribution in [0, 0.1) is 0 Å². The predicted octanol–water partition coefficient (Wildman–Crippen LogP) is 7.34. The Morgan fingerprint density at radius 2 is 1.24 bits per heavy atom. The Hall–Kier alpha value is -3.50. The highest BCUT2D eigenvalue weighted by atomic mass is 31.2. The van der Waals surface area contributed by atoms with Gasteiger partial charge in [0.25, 0.3) is 0 Å². The molecule has 0 aliphatic carbocycles. The Morgan fingerprint density at radius 1 is 0.757 bits per heavy atom. The summed E-state index contributed by atoms with van der Waals surface area (Å²) in [5.41, 5.74) is -0.0488. The van der Waals surface area contributed by atoms with Gasteiger partial charge in [0.15, 0.2) is 12.3 Å². The maximum Gasteiger partial charge on any atom is 0.409 e. The molecule has 1 N–H and O–H groups in total. The fraction of sp³-hybridized carbons (Fsp3) is 0.200. The van der Waals surface area contributed by atoms with Crippen molar-refractivity contribution in [1.82, 2.24) is 0 Å². The fourth-order valence-corrected chi connectivity index (χ4v) is 8.55. The van der Waals surface area contributed by atoms with Gasteiger partial charge in [0, 0.05) is 10.6 Å². The van der Waals surface area contributed by atoms with Gasteiger partial charge in [0.05, 0.1) is 7.11 Å². The molecule has 1 unspecified atom stereocenters. The molecule has 192 valence electrons. The maximum atomic E-state index is 16.0. The van der Waals surface area contributed by atoms with Gasteiger partial charge in [-0.2, -0.15) is 13.2 Å². The Morgan fingerprint density at radius 3 is 1.68 bits per heavy atom. The lowest BCUT2D eigenvalue weighted by atomic mass is 9.86. The summed E-state index contributed by atoms with van der Waals surface area (Å²) in [7, 11) is -3.14. The van der Waals surface area contributed by atoms with Crippen molar-refractivity contribution in [1.29, 1.82) is 0 Å². The molecule has 0 aliphatic heterocycles. The topological polar surface area (TPSA) is 46.5 Å². The van der Waals surface area contributed by atoms with Crippen molar-refractivity contribution in [3.05, 3.63) is 120 Å². The molecular weight excluding hydrogens is 496 g/mol. The number of rotatable bonds is 7. The highest BCUT2D eigenvalue weighted by molar-refractivity contribution is 7.80. The van der Waals surface area contributed by atoms with Gasteiger partial charge in [-0.1, -0.05) is 98.8 Å². The lowest BCUT2D eigenvalue weighted by molar-refractivity contribution is -0.154. The van der Waals surface area contributed by atoms with E-state index in [0.717, 1.165) is 0 Å². The molecule has 4 aromatic carbocycles. The van der Waals surface area contributed by atoms with Crippen molar-refractivity contribution in [2.45, 2.75) is 31.1 Å². The molecule has 0 bridgehead atoms. The van der Waals surface area contributed by atoms with Crippen LogP contribution in [-0.4, -0.2) is 18.4 Å². The first-order chi connectivity index (χ1) is 17.6. The second-order valence-corrected chi connectivity index (χ2v) is 12.1. The third-order valence-electron chi connectivity index (χ3n) is 6.70. The molecule has 0 amide bonds. The van der Waals surface area contributed by atoms with E-state index in [2.05, 4.69) is 0 Å². The van der Waals surface area contributed by atoms with Crippen molar-refractivity contribution in [2.24, 2.45) is 0 Å². The standard InChI is InChI=1S/C30H28F3O3P/c1-21(2)27-20-23(16-19-28(27)34)29(30(31,32)33,22-14-17-24(36-3)18-15-22)37(35,25-10-6-4-7-11-25)26-12-8-5-9-13-26/h4-21,34H,1-3H3. The molecule has 0 aliphatic rings. The van der Waals surface area contributed by atoms with Crippen molar-refractivity contribution >= 4 is 17.8 Å². The van der Waals surface area contributed by atoms with E-state index in [1.165, 1.54) is 73.8 Å². The summed E-state index contributed by atoms with van der Waals surface area (Å²) in [6.45, 7) is 3.57. The number of phenols is 1. The molecule has 7 heteroatoms. The number of halogens is 3. The van der Waals surface area contributed by atoms with Crippen LogP contribution in [0.1, 0.15) is 36.5 Å². The molecule has 0 aromatic heterocycles. The van der Waals surface area contributed by atoms with Crippen molar-refractivity contribution in [3.63, 3.8) is 0 Å². The number of ether oxygens (including phenoxy) is 1. The number of hydrogen-bond donors (Lipinski definition) is 1. The van der Waals surface area contributed by atoms with Gasteiger partial charge in [-0.05, 0) is 40.8 Å². The SMILES string of the molecule is COc1ccc(C(c2ccc(O)c(C(C)C)c2)(C(F)(F)F)P(=O)(c2ccccc2)c2ccccc2)cc1. The van der Waals surface area contributed by atoms with Crippen LogP contribution in [0.5, 0.6) is 11.5 Å². The predicted molar refractivity (Wildman–Crippen MR) is 142 cm³/mol. The number of alkyl halides is 3. The highest BCUT2D eigenvalue weighted by Gasteiger charge is 2.68. The first kappa shape index (κ1) is 26.6. The zero-order valence-electron chi connectivity index (χ0n) is 20.7. The number of benzene rings is 4. The van der Waals surface area contributed by atoms with Gasteiger partial charge in [-0.3, -0.25) is 0 Å². The zero-order valence-corrected chi connectivity index (χ0v) is 21.6. The summed E-state index contributed by atoms with van der Waals surface area (Å²) >= 11 is 0. The van der Waals surface area contributed by atoms with Gasteiger partial charge in [0.2, 0.25) is 0 Å². The van der Waals surface area contributed by atoms with E-state index in [-0.39, 0.29) is 33.4 Å². The average molecular weight is 525 g/mol. The van der Waals surface area contributed by atoms with E-state index in [1.807, 2.05) is 0 Å². The fourth-order valence-electron chi connectivity index (χ4n) is 4.92. The quantitative estimate of drug-likeness (QED) is 0.257. The first-order valence-corrected chi connectivity index (χ1v) is 13.5. The minimum atomic E-state index is -5.01. The average Bonchev–Trinajstić information content (AvgIpc) is 2.90. The Kier molecular flexibility index (Phi) is 7.25. The Labute approximate surface area is 214 Å². The van der Waals surface area contributed by atoms with Gasteiger partial charge >= 0.3 is 6.18 Å². The smallest absolute Gasteiger partial charge is 0.409 e. The number of hydrogen-bond acceptors (Lipinski definition) is 3. The molecule has 0 radical (unpaired) electrons. The van der Waals surface area contributed by atoms with Crippen LogP contribution in [0.15, 0.2) is 103 Å². The lowest BCUT2D eigenvalue weighted by Crippen LogP contribution is -2.48. The third kappa shape index (κ3) is 4.34. The van der Waals surface area contributed by atoms with Crippen LogP contribution in [0.25, 0.3) is 0 Å². The summed E-state index contributed by atoms with van der Waals surface area (Å²) in [4.78, 5) is 0. The van der Waals surface area contributed by atoms with Crippen LogP contribution in [0.3, 0.4) is 0 Å². The summed E-state index contributed by atoms with van der Waals surface area (Å²) in [6, 6.07) is 25.1. The first-order valence-electron chi connectivity index (χ1n) is 11.8. The molecule has 0 saturated carbocycles. The molecule has 0 heterocycles. The second kappa shape index (κ2) is 10.1. The van der Waals surface area contributed by atoms with Crippen LogP contribution in [-0.2, 0) is 9.72 Å². The number of phenolic OH excluding ortho intramolecular Hbond substituents is 1. The highest BCUT2D eigenvalue weighted by Crippen LogP contribution is 2.71. The van der Waals surface area contributed by atoms with Gasteiger partial charge in [0.1, 0.15) is 11.5 Å². The van der Waals surface area contributed by atoms with E-state index in [4.69, 9.17) is 4.74 Å². The van der Waals surface area contributed by atoms with Gasteiger partial charge in [-0.15, -0.1) is 0 Å². The van der Waals surface area contributed by atoms with Crippen molar-refractivity contribution in [3.8, 4) is 11.5 Å². The van der Waals surface area contributed by atoms with Crippen molar-refractivity contribution < 1.29 is 27.6 Å². The minimum Gasteiger partial charge on any atom is -0.508 e. The van der Waals surface area contributed by atoms with Crippen molar-refractivity contribution in [2.75, 3.05) is 7.11 Å². The van der Waals surface area contributed by atoms with Gasteiger partial charge in [-0.25, -0.2) is 0 Å². The van der Waals surface area contributed by atoms with Gasteiger partial charge < -0.3 is 14.4 Å². The van der Waals surface area contributed by atoms with E-state index >= 15 is 17.7 Å². The number of aromatic hydroxyl groups is 1. The van der Waals surface area contributed by atoms with E-state index < -0.39 is 18.5 Å². The summed E-state index contributed by atoms with van der Waals surface area (Å²) in [5, 5.41) is 7.67. The number of methoxy groups -OCH3 is 1. The van der Waals surface area contributed by atoms with Crippen LogP contribution in [0.4, 0.5) is 13.2 Å². The molecule has 0 spiro atoms. The summed E-state index contributed by atoms with van der Waals surface area (Å²) < 4.78 is 68.7. The van der Waals surface area contributed by atoms with Crippen LogP contribution >= 0.6 is 7.14 Å². The zero-order chi connectivity index (χ0) is 26.8. The second-order valence-electron chi connectivity index (χ2n) is 9.15. The normalized spacial score (nSPS) is 13.8. The molecular formula is C30H28F3O3P. The molecule has 3 nitrogen and oxygen atoms in total. The lowest BCUT2D eigenvalue weighted by Gasteiger charge is -2.43. The van der Waals surface area contributed by atoms with E-state index in [1.54, 1.807) is 50.2 Å². The summed E-state index contributed by atoms with van der Waals surface area (Å²) in [6.07, 6.45) is -5.01. The molecule has 0 saturated heterocycles.